The van der Waals surface area contributed by atoms with Crippen LogP contribution in [0.3, 0.4) is 0 Å². The van der Waals surface area contributed by atoms with E-state index in [-0.39, 0.29) is 18.0 Å². The number of hydrogen-bond acceptors (Lipinski definition) is 4. The summed E-state index contributed by atoms with van der Waals surface area (Å²) >= 11 is 1.45. The van der Waals surface area contributed by atoms with Gasteiger partial charge in [0.25, 0.3) is 0 Å². The zero-order chi connectivity index (χ0) is 17.6. The number of aromatic nitrogens is 1. The average Bonchev–Trinajstić information content (AvgIpc) is 2.97. The SMILES string of the molecule is CC(=O)N1CCC(N(C(=O)Nc2nccs2)C2CCCCCC2)CC1. The molecule has 2 fully saturated rings. The molecule has 0 aromatic carbocycles. The van der Waals surface area contributed by atoms with Crippen LogP contribution in [-0.2, 0) is 4.79 Å². The quantitative estimate of drug-likeness (QED) is 0.832. The van der Waals surface area contributed by atoms with E-state index in [2.05, 4.69) is 15.2 Å². The highest BCUT2D eigenvalue weighted by Gasteiger charge is 2.34. The van der Waals surface area contributed by atoms with Gasteiger partial charge in [-0.2, -0.15) is 0 Å². The fourth-order valence-corrected chi connectivity index (χ4v) is 4.58. The second kappa shape index (κ2) is 8.65. The number of likely N-dealkylation sites (tertiary alicyclic amines) is 1. The van der Waals surface area contributed by atoms with E-state index in [9.17, 15) is 9.59 Å². The van der Waals surface area contributed by atoms with Crippen molar-refractivity contribution < 1.29 is 9.59 Å². The maximum Gasteiger partial charge on any atom is 0.324 e. The highest BCUT2D eigenvalue weighted by Crippen LogP contribution is 2.28. The number of thiazole rings is 1. The lowest BCUT2D eigenvalue weighted by Gasteiger charge is -2.42. The van der Waals surface area contributed by atoms with Crippen LogP contribution in [-0.4, -0.2) is 51.9 Å². The maximum atomic E-state index is 13.0. The number of urea groups is 1. The Morgan fingerprint density at radius 1 is 1.12 bits per heavy atom. The van der Waals surface area contributed by atoms with E-state index >= 15 is 0 Å². The van der Waals surface area contributed by atoms with E-state index in [0.717, 1.165) is 38.8 Å². The Morgan fingerprint density at radius 3 is 2.32 bits per heavy atom. The first-order chi connectivity index (χ1) is 12.1. The van der Waals surface area contributed by atoms with Crippen molar-refractivity contribution in [2.45, 2.75) is 70.4 Å². The highest BCUT2D eigenvalue weighted by molar-refractivity contribution is 7.13. The van der Waals surface area contributed by atoms with Crippen LogP contribution in [0.2, 0.25) is 0 Å². The highest BCUT2D eigenvalue weighted by atomic mass is 32.1. The molecular weight excluding hydrogens is 336 g/mol. The Morgan fingerprint density at radius 2 is 1.76 bits per heavy atom. The van der Waals surface area contributed by atoms with E-state index in [1.807, 2.05) is 10.3 Å². The number of carbonyl (C=O) groups excluding carboxylic acids is 2. The first-order valence-electron chi connectivity index (χ1n) is 9.39. The monoisotopic (exact) mass is 364 g/mol. The van der Waals surface area contributed by atoms with Gasteiger partial charge in [-0.1, -0.05) is 25.7 Å². The summed E-state index contributed by atoms with van der Waals surface area (Å²) in [6.45, 7) is 3.11. The molecule has 0 atom stereocenters. The number of rotatable bonds is 3. The van der Waals surface area contributed by atoms with E-state index in [4.69, 9.17) is 0 Å². The Hall–Kier alpha value is -1.63. The molecule has 1 saturated carbocycles. The molecule has 3 rings (SSSR count). The Kier molecular flexibility index (Phi) is 6.29. The Labute approximate surface area is 153 Å². The fraction of sp³-hybridized carbons (Fsp3) is 0.722. The molecule has 1 N–H and O–H groups in total. The molecule has 1 aliphatic carbocycles. The van der Waals surface area contributed by atoms with Gasteiger partial charge in [-0.05, 0) is 25.7 Å². The van der Waals surface area contributed by atoms with Crippen molar-refractivity contribution in [3.05, 3.63) is 11.6 Å². The summed E-state index contributed by atoms with van der Waals surface area (Å²) in [5, 5.41) is 5.51. The predicted octanol–water partition coefficient (Wildman–Crippen LogP) is 3.71. The van der Waals surface area contributed by atoms with Gasteiger partial charge in [0.05, 0.1) is 0 Å². The van der Waals surface area contributed by atoms with Crippen molar-refractivity contribution in [1.82, 2.24) is 14.8 Å². The van der Waals surface area contributed by atoms with Crippen LogP contribution in [0.25, 0.3) is 0 Å². The fourth-order valence-electron chi connectivity index (χ4n) is 4.07. The molecule has 1 saturated heterocycles. The van der Waals surface area contributed by atoms with Crippen molar-refractivity contribution in [3.63, 3.8) is 0 Å². The lowest BCUT2D eigenvalue weighted by molar-refractivity contribution is -0.130. The second-order valence-electron chi connectivity index (χ2n) is 7.06. The van der Waals surface area contributed by atoms with Crippen molar-refractivity contribution in [3.8, 4) is 0 Å². The number of amides is 3. The smallest absolute Gasteiger partial charge is 0.324 e. The predicted molar refractivity (Wildman–Crippen MR) is 99.7 cm³/mol. The van der Waals surface area contributed by atoms with E-state index in [0.29, 0.717) is 11.2 Å². The molecule has 0 spiro atoms. The average molecular weight is 365 g/mol. The molecule has 0 unspecified atom stereocenters. The van der Waals surface area contributed by atoms with Crippen LogP contribution in [0.1, 0.15) is 58.3 Å². The van der Waals surface area contributed by atoms with Gasteiger partial charge in [0.1, 0.15) is 0 Å². The van der Waals surface area contributed by atoms with Crippen molar-refractivity contribution in [1.29, 1.82) is 0 Å². The van der Waals surface area contributed by atoms with Gasteiger partial charge in [-0.15, -0.1) is 11.3 Å². The first-order valence-corrected chi connectivity index (χ1v) is 10.3. The zero-order valence-electron chi connectivity index (χ0n) is 14.9. The van der Waals surface area contributed by atoms with E-state index in [1.54, 1.807) is 13.1 Å². The summed E-state index contributed by atoms with van der Waals surface area (Å²) in [6.07, 6.45) is 10.5. The van der Waals surface area contributed by atoms with Crippen molar-refractivity contribution in [2.24, 2.45) is 0 Å². The van der Waals surface area contributed by atoms with Gasteiger partial charge in [-0.3, -0.25) is 10.1 Å². The first kappa shape index (κ1) is 18.2. The summed E-state index contributed by atoms with van der Waals surface area (Å²) in [5.74, 6) is 0.131. The molecule has 6 nitrogen and oxygen atoms in total. The number of hydrogen-bond donors (Lipinski definition) is 1. The summed E-state index contributed by atoms with van der Waals surface area (Å²) < 4.78 is 0. The Balaban J connectivity index is 1.71. The molecule has 2 heterocycles. The van der Waals surface area contributed by atoms with Crippen LogP contribution in [0.5, 0.6) is 0 Å². The number of nitrogens with one attached hydrogen (secondary N) is 1. The van der Waals surface area contributed by atoms with Crippen LogP contribution in [0.4, 0.5) is 9.93 Å². The summed E-state index contributed by atoms with van der Waals surface area (Å²) in [7, 11) is 0. The van der Waals surface area contributed by atoms with Crippen molar-refractivity contribution >= 4 is 28.4 Å². The molecule has 138 valence electrons. The number of carbonyl (C=O) groups is 2. The molecule has 1 aromatic rings. The van der Waals surface area contributed by atoms with Gasteiger partial charge in [0.15, 0.2) is 5.13 Å². The maximum absolute atomic E-state index is 13.0. The van der Waals surface area contributed by atoms with Gasteiger partial charge in [0.2, 0.25) is 5.91 Å². The number of piperidine rings is 1. The summed E-state index contributed by atoms with van der Waals surface area (Å²) in [6, 6.07) is 0.484. The topological polar surface area (TPSA) is 65.5 Å². The third-order valence-corrected chi connectivity index (χ3v) is 6.09. The third-order valence-electron chi connectivity index (χ3n) is 5.40. The normalized spacial score (nSPS) is 20.1. The van der Waals surface area contributed by atoms with Crippen LogP contribution in [0.15, 0.2) is 11.6 Å². The van der Waals surface area contributed by atoms with Crippen LogP contribution in [0, 0.1) is 0 Å². The van der Waals surface area contributed by atoms with Crippen LogP contribution < -0.4 is 5.32 Å². The molecule has 1 aliphatic heterocycles. The Bertz CT molecular complexity index is 562. The largest absolute Gasteiger partial charge is 0.343 e. The van der Waals surface area contributed by atoms with Crippen LogP contribution >= 0.6 is 11.3 Å². The molecule has 0 bridgehead atoms. The minimum absolute atomic E-state index is 0.0249. The standard InChI is InChI=1S/C18H28N4O2S/c1-14(23)21-11-8-16(9-12-21)22(15-6-4-2-3-5-7-15)18(24)20-17-19-10-13-25-17/h10,13,15-16H,2-9,11-12H2,1H3,(H,19,20,24). The molecular formula is C18H28N4O2S. The lowest BCUT2D eigenvalue weighted by Crippen LogP contribution is -2.53. The minimum atomic E-state index is -0.0249. The van der Waals surface area contributed by atoms with E-state index in [1.165, 1.54) is 37.0 Å². The number of nitrogens with zero attached hydrogens (tertiary/aromatic N) is 3. The number of anilines is 1. The molecule has 3 amide bonds. The molecule has 7 heteroatoms. The van der Waals surface area contributed by atoms with Gasteiger partial charge in [0, 0.05) is 43.7 Å². The summed E-state index contributed by atoms with van der Waals surface area (Å²) in [5.41, 5.74) is 0. The van der Waals surface area contributed by atoms with Gasteiger partial charge < -0.3 is 9.80 Å². The van der Waals surface area contributed by atoms with Gasteiger partial charge in [-0.25, -0.2) is 9.78 Å². The van der Waals surface area contributed by atoms with Crippen molar-refractivity contribution in [2.75, 3.05) is 18.4 Å². The zero-order valence-corrected chi connectivity index (χ0v) is 15.8. The third kappa shape index (κ3) is 4.71. The lowest BCUT2D eigenvalue weighted by atomic mass is 9.98. The van der Waals surface area contributed by atoms with E-state index < -0.39 is 0 Å². The molecule has 25 heavy (non-hydrogen) atoms. The molecule has 0 radical (unpaired) electrons. The summed E-state index contributed by atoms with van der Waals surface area (Å²) in [4.78, 5) is 32.8. The second-order valence-corrected chi connectivity index (χ2v) is 7.95. The molecule has 2 aliphatic rings. The minimum Gasteiger partial charge on any atom is -0.343 e. The molecule has 1 aromatic heterocycles. The van der Waals surface area contributed by atoms with Gasteiger partial charge >= 0.3 is 6.03 Å².